The highest BCUT2D eigenvalue weighted by atomic mass is 79.9. The van der Waals surface area contributed by atoms with Crippen molar-refractivity contribution in [3.05, 3.63) is 22.2 Å². The van der Waals surface area contributed by atoms with Crippen molar-refractivity contribution >= 4 is 15.9 Å². The molecule has 0 saturated carbocycles. The zero-order chi connectivity index (χ0) is 14.6. The first-order chi connectivity index (χ1) is 8.78. The van der Waals surface area contributed by atoms with Crippen LogP contribution in [0.2, 0.25) is 0 Å². The van der Waals surface area contributed by atoms with Crippen LogP contribution in [0.4, 0.5) is 13.2 Å². The van der Waals surface area contributed by atoms with E-state index in [4.69, 9.17) is 15.2 Å². The van der Waals surface area contributed by atoms with E-state index in [1.165, 1.54) is 14.2 Å². The molecule has 0 aromatic heterocycles. The third-order valence-electron chi connectivity index (χ3n) is 2.63. The topological polar surface area (TPSA) is 44.5 Å². The summed E-state index contributed by atoms with van der Waals surface area (Å²) in [6.07, 6.45) is -5.31. The highest BCUT2D eigenvalue weighted by Crippen LogP contribution is 2.38. The maximum Gasteiger partial charge on any atom is 0.389 e. The summed E-state index contributed by atoms with van der Waals surface area (Å²) in [6, 6.07) is 2.49. The number of hydrogen-bond acceptors (Lipinski definition) is 3. The van der Waals surface area contributed by atoms with E-state index in [2.05, 4.69) is 15.9 Å². The molecule has 2 N–H and O–H groups in total. The molecule has 0 spiro atoms. The molecule has 0 radical (unpaired) electrons. The molecule has 0 unspecified atom stereocenters. The molecule has 0 saturated heterocycles. The Hall–Kier alpha value is -0.950. The number of ether oxygens (including phenoxy) is 2. The molecule has 1 aromatic rings. The molecular weight excluding hydrogens is 327 g/mol. The van der Waals surface area contributed by atoms with Gasteiger partial charge in [-0.15, -0.1) is 0 Å². The quantitative estimate of drug-likeness (QED) is 0.885. The average molecular weight is 342 g/mol. The van der Waals surface area contributed by atoms with Gasteiger partial charge in [-0.1, -0.05) is 0 Å². The van der Waals surface area contributed by atoms with Crippen molar-refractivity contribution in [2.75, 3.05) is 14.2 Å². The molecule has 7 heteroatoms. The van der Waals surface area contributed by atoms with Gasteiger partial charge in [-0.25, -0.2) is 0 Å². The summed E-state index contributed by atoms with van der Waals surface area (Å²) in [5, 5.41) is 0. The molecule has 19 heavy (non-hydrogen) atoms. The van der Waals surface area contributed by atoms with Crippen LogP contribution in [-0.4, -0.2) is 20.4 Å². The molecule has 0 amide bonds. The van der Waals surface area contributed by atoms with Gasteiger partial charge in [0.15, 0.2) is 0 Å². The lowest BCUT2D eigenvalue weighted by Crippen LogP contribution is -2.16. The summed E-state index contributed by atoms with van der Waals surface area (Å²) in [6.45, 7) is 0. The number of methoxy groups -OCH3 is 2. The number of nitrogens with two attached hydrogens (primary N) is 1. The van der Waals surface area contributed by atoms with Crippen molar-refractivity contribution in [1.29, 1.82) is 0 Å². The average Bonchev–Trinajstić information content (AvgIpc) is 2.35. The normalized spacial score (nSPS) is 13.2. The monoisotopic (exact) mass is 341 g/mol. The van der Waals surface area contributed by atoms with Gasteiger partial charge in [0.05, 0.1) is 14.2 Å². The summed E-state index contributed by atoms with van der Waals surface area (Å²) in [7, 11) is 2.93. The maximum atomic E-state index is 12.2. The second-order valence-electron chi connectivity index (χ2n) is 4.00. The van der Waals surface area contributed by atoms with Crippen LogP contribution in [0.5, 0.6) is 11.5 Å². The Labute approximate surface area is 118 Å². The molecule has 1 rings (SSSR count). The number of alkyl halides is 3. The van der Waals surface area contributed by atoms with Crippen molar-refractivity contribution in [2.24, 2.45) is 5.73 Å². The van der Waals surface area contributed by atoms with E-state index in [9.17, 15) is 13.2 Å². The van der Waals surface area contributed by atoms with Gasteiger partial charge in [0.1, 0.15) is 16.0 Å². The first-order valence-corrected chi connectivity index (χ1v) is 6.31. The first kappa shape index (κ1) is 16.1. The second-order valence-corrected chi connectivity index (χ2v) is 4.79. The molecule has 108 valence electrons. The van der Waals surface area contributed by atoms with E-state index in [-0.39, 0.29) is 6.42 Å². The Kier molecular flexibility index (Phi) is 5.49. The van der Waals surface area contributed by atoms with E-state index >= 15 is 0 Å². The molecule has 1 atom stereocenters. The second kappa shape index (κ2) is 6.47. The predicted molar refractivity (Wildman–Crippen MR) is 69.5 cm³/mol. The fraction of sp³-hybridized carbons (Fsp3) is 0.500. The minimum atomic E-state index is -4.21. The SMILES string of the molecule is COc1cc([C@H](N)CCC(F)(F)F)cc(OC)c1Br. The number of hydrogen-bond donors (Lipinski definition) is 1. The molecule has 0 bridgehead atoms. The third kappa shape index (κ3) is 4.58. The number of rotatable bonds is 5. The van der Waals surface area contributed by atoms with Gasteiger partial charge < -0.3 is 15.2 Å². The lowest BCUT2D eigenvalue weighted by molar-refractivity contribution is -0.136. The van der Waals surface area contributed by atoms with Crippen molar-refractivity contribution in [3.63, 3.8) is 0 Å². The van der Waals surface area contributed by atoms with Gasteiger partial charge in [0.25, 0.3) is 0 Å². The Balaban J connectivity index is 2.93. The largest absolute Gasteiger partial charge is 0.495 e. The zero-order valence-electron chi connectivity index (χ0n) is 10.6. The van der Waals surface area contributed by atoms with E-state index in [1.807, 2.05) is 0 Å². The van der Waals surface area contributed by atoms with Crippen LogP contribution in [0.15, 0.2) is 16.6 Å². The highest BCUT2D eigenvalue weighted by molar-refractivity contribution is 9.10. The van der Waals surface area contributed by atoms with Crippen molar-refractivity contribution in [2.45, 2.75) is 25.1 Å². The van der Waals surface area contributed by atoms with Crippen LogP contribution < -0.4 is 15.2 Å². The van der Waals surface area contributed by atoms with Gasteiger partial charge in [-0.2, -0.15) is 13.2 Å². The Morgan fingerprint density at radius 1 is 1.21 bits per heavy atom. The minimum Gasteiger partial charge on any atom is -0.495 e. The van der Waals surface area contributed by atoms with Crippen LogP contribution in [0.3, 0.4) is 0 Å². The van der Waals surface area contributed by atoms with Crippen LogP contribution in [0.1, 0.15) is 24.4 Å². The van der Waals surface area contributed by atoms with Crippen molar-refractivity contribution < 1.29 is 22.6 Å². The van der Waals surface area contributed by atoms with Crippen LogP contribution >= 0.6 is 15.9 Å². The molecule has 0 aliphatic rings. The summed E-state index contributed by atoms with van der Waals surface area (Å²) in [5.41, 5.74) is 6.32. The van der Waals surface area contributed by atoms with E-state index in [0.29, 0.717) is 21.5 Å². The fourth-order valence-electron chi connectivity index (χ4n) is 1.59. The summed E-state index contributed by atoms with van der Waals surface area (Å²) >= 11 is 3.28. The first-order valence-electron chi connectivity index (χ1n) is 5.52. The van der Waals surface area contributed by atoms with Crippen LogP contribution in [0.25, 0.3) is 0 Å². The minimum absolute atomic E-state index is 0.183. The van der Waals surface area contributed by atoms with Gasteiger partial charge in [-0.05, 0) is 40.0 Å². The highest BCUT2D eigenvalue weighted by Gasteiger charge is 2.28. The van der Waals surface area contributed by atoms with Gasteiger partial charge in [0.2, 0.25) is 0 Å². The van der Waals surface area contributed by atoms with Crippen LogP contribution in [-0.2, 0) is 0 Å². The summed E-state index contributed by atoms with van der Waals surface area (Å²) in [4.78, 5) is 0. The molecule has 0 aliphatic heterocycles. The van der Waals surface area contributed by atoms with Gasteiger partial charge in [-0.3, -0.25) is 0 Å². The Bertz CT molecular complexity index is 412. The lowest BCUT2D eigenvalue weighted by Gasteiger charge is -2.17. The Morgan fingerprint density at radius 2 is 1.68 bits per heavy atom. The van der Waals surface area contributed by atoms with Crippen molar-refractivity contribution in [3.8, 4) is 11.5 Å². The molecule has 1 aromatic carbocycles. The molecule has 3 nitrogen and oxygen atoms in total. The van der Waals surface area contributed by atoms with Crippen molar-refractivity contribution in [1.82, 2.24) is 0 Å². The van der Waals surface area contributed by atoms with E-state index in [1.54, 1.807) is 12.1 Å². The van der Waals surface area contributed by atoms with Gasteiger partial charge >= 0.3 is 6.18 Å². The van der Waals surface area contributed by atoms with E-state index in [0.717, 1.165) is 0 Å². The summed E-state index contributed by atoms with van der Waals surface area (Å²) < 4.78 is 47.4. The number of halogens is 4. The number of benzene rings is 1. The smallest absolute Gasteiger partial charge is 0.389 e. The molecule has 0 aliphatic carbocycles. The fourth-order valence-corrected chi connectivity index (χ4v) is 2.14. The lowest BCUT2D eigenvalue weighted by atomic mass is 10.0. The standard InChI is InChI=1S/C12H15BrF3NO2/c1-18-9-5-7(6-10(19-2)11(9)13)8(17)3-4-12(14,15)16/h5-6,8H,3-4,17H2,1-2H3/t8-/m1/s1. The van der Waals surface area contributed by atoms with Crippen LogP contribution in [0, 0.1) is 0 Å². The molecular formula is C12H15BrF3NO2. The predicted octanol–water partition coefficient (Wildman–Crippen LogP) is 3.81. The molecule has 0 heterocycles. The van der Waals surface area contributed by atoms with Gasteiger partial charge in [0, 0.05) is 12.5 Å². The van der Waals surface area contributed by atoms with E-state index < -0.39 is 18.6 Å². The third-order valence-corrected chi connectivity index (χ3v) is 3.42. The molecule has 0 fully saturated rings. The summed E-state index contributed by atoms with van der Waals surface area (Å²) in [5.74, 6) is 0.939. The maximum absolute atomic E-state index is 12.2. The Morgan fingerprint density at radius 3 is 2.05 bits per heavy atom. The zero-order valence-corrected chi connectivity index (χ0v) is 12.1.